The van der Waals surface area contributed by atoms with Gasteiger partial charge in [0.25, 0.3) is 0 Å². The number of fused-ring (bicyclic) bond motifs is 14. The van der Waals surface area contributed by atoms with Gasteiger partial charge in [0.05, 0.1) is 28.0 Å². The molecule has 0 unspecified atom stereocenters. The van der Waals surface area contributed by atoms with Crippen molar-refractivity contribution in [1.82, 2.24) is 39.9 Å². The molecular formula is C61H36N8. The van der Waals surface area contributed by atoms with E-state index in [4.69, 9.17) is 29.9 Å². The van der Waals surface area contributed by atoms with E-state index in [1.807, 2.05) is 48.5 Å². The number of benzene rings is 6. The molecule has 1 spiro atoms. The zero-order valence-corrected chi connectivity index (χ0v) is 36.9. The van der Waals surface area contributed by atoms with Crippen molar-refractivity contribution in [3.05, 3.63) is 241 Å². The molecule has 0 radical (unpaired) electrons. The van der Waals surface area contributed by atoms with E-state index in [0.717, 1.165) is 66.8 Å². The predicted molar refractivity (Wildman–Crippen MR) is 273 cm³/mol. The van der Waals surface area contributed by atoms with E-state index in [9.17, 15) is 0 Å². The molecule has 0 saturated heterocycles. The molecule has 0 amide bonds. The second-order valence-corrected chi connectivity index (χ2v) is 17.5. The van der Waals surface area contributed by atoms with Gasteiger partial charge in [-0.3, -0.25) is 19.9 Å². The summed E-state index contributed by atoms with van der Waals surface area (Å²) in [5, 5.41) is 3.44. The quantitative estimate of drug-likeness (QED) is 0.152. The lowest BCUT2D eigenvalue weighted by Crippen LogP contribution is -2.25. The number of pyridine rings is 5. The predicted octanol–water partition coefficient (Wildman–Crippen LogP) is 13.5. The van der Waals surface area contributed by atoms with Crippen molar-refractivity contribution >= 4 is 21.7 Å². The maximum Gasteiger partial charge on any atom is 0.165 e. The van der Waals surface area contributed by atoms with Crippen LogP contribution >= 0.6 is 0 Å². The van der Waals surface area contributed by atoms with Gasteiger partial charge < -0.3 is 0 Å². The minimum Gasteiger partial charge on any atom is -0.264 e. The van der Waals surface area contributed by atoms with Crippen molar-refractivity contribution in [2.24, 2.45) is 0 Å². The molecule has 6 heterocycles. The second kappa shape index (κ2) is 15.3. The Bertz CT molecular complexity index is 3840. The third-order valence-corrected chi connectivity index (χ3v) is 13.8. The number of hydrogen-bond donors (Lipinski definition) is 0. The Hall–Kier alpha value is -9.40. The van der Waals surface area contributed by atoms with Crippen LogP contribution in [0.15, 0.2) is 219 Å². The first-order valence-corrected chi connectivity index (χ1v) is 23.0. The first-order valence-electron chi connectivity index (χ1n) is 23.0. The zero-order chi connectivity index (χ0) is 45.5. The molecule has 12 aromatic rings. The number of para-hydroxylation sites is 1. The molecule has 0 atom stereocenters. The highest BCUT2D eigenvalue weighted by Gasteiger charge is 2.52. The van der Waals surface area contributed by atoms with E-state index in [2.05, 4.69) is 143 Å². The van der Waals surface area contributed by atoms with Crippen molar-refractivity contribution in [2.45, 2.75) is 5.41 Å². The molecule has 69 heavy (non-hydrogen) atoms. The van der Waals surface area contributed by atoms with Crippen LogP contribution in [0.3, 0.4) is 0 Å². The lowest BCUT2D eigenvalue weighted by molar-refractivity contribution is 0.794. The van der Waals surface area contributed by atoms with Crippen molar-refractivity contribution in [3.63, 3.8) is 0 Å². The summed E-state index contributed by atoms with van der Waals surface area (Å²) < 4.78 is 0. The van der Waals surface area contributed by atoms with Crippen LogP contribution in [0.2, 0.25) is 0 Å². The summed E-state index contributed by atoms with van der Waals surface area (Å²) in [5.74, 6) is 1.53. The Balaban J connectivity index is 0.914. The third-order valence-electron chi connectivity index (χ3n) is 13.8. The third kappa shape index (κ3) is 5.95. The molecule has 14 rings (SSSR count). The van der Waals surface area contributed by atoms with Gasteiger partial charge >= 0.3 is 0 Å². The summed E-state index contributed by atoms with van der Waals surface area (Å²) in [5.41, 5.74) is 18.6. The van der Waals surface area contributed by atoms with Crippen LogP contribution in [0.5, 0.6) is 0 Å². The zero-order valence-electron chi connectivity index (χ0n) is 36.9. The molecule has 0 aliphatic heterocycles. The van der Waals surface area contributed by atoms with E-state index in [1.54, 1.807) is 37.2 Å². The molecule has 0 fully saturated rings. The summed E-state index contributed by atoms with van der Waals surface area (Å²) in [6, 6.07) is 64.3. The van der Waals surface area contributed by atoms with E-state index >= 15 is 0 Å². The number of nitrogens with zero attached hydrogens (tertiary/aromatic N) is 8. The fourth-order valence-corrected chi connectivity index (χ4v) is 10.8. The Morgan fingerprint density at radius 1 is 0.319 bits per heavy atom. The van der Waals surface area contributed by atoms with Gasteiger partial charge in [-0.15, -0.1) is 0 Å². The Labute approximate surface area is 396 Å². The van der Waals surface area contributed by atoms with Crippen molar-refractivity contribution in [1.29, 1.82) is 0 Å². The SMILES string of the molecule is c1cncc(-c2ccc(-c3nc(-c4ccc(-c5nc6ccccc6c6c7c(ccc56)C5(c6ccccc6-c6ccccc65)c5ccccc5-7)cc4)nc(-c4ccc(-c5cccnc5)nc4)n3)cn2)c1. The van der Waals surface area contributed by atoms with Crippen LogP contribution in [0.4, 0.5) is 0 Å². The van der Waals surface area contributed by atoms with Gasteiger partial charge in [-0.05, 0) is 99.1 Å². The normalized spacial score (nSPS) is 12.8. The average molecular weight is 881 g/mol. The molecule has 0 saturated carbocycles. The molecule has 0 N–H and O–H groups in total. The summed E-state index contributed by atoms with van der Waals surface area (Å²) in [6.07, 6.45) is 10.7. The van der Waals surface area contributed by atoms with Crippen LogP contribution in [0, 0.1) is 0 Å². The fraction of sp³-hybridized carbons (Fsp3) is 0.0164. The minimum absolute atomic E-state index is 0.448. The van der Waals surface area contributed by atoms with E-state index in [-0.39, 0.29) is 0 Å². The smallest absolute Gasteiger partial charge is 0.165 e. The number of hydrogen-bond acceptors (Lipinski definition) is 8. The van der Waals surface area contributed by atoms with Gasteiger partial charge in [-0.1, -0.05) is 127 Å². The van der Waals surface area contributed by atoms with Gasteiger partial charge in [0.15, 0.2) is 17.5 Å². The van der Waals surface area contributed by atoms with Crippen molar-refractivity contribution in [3.8, 4) is 90.2 Å². The summed E-state index contributed by atoms with van der Waals surface area (Å²) in [7, 11) is 0. The maximum atomic E-state index is 5.42. The lowest BCUT2D eigenvalue weighted by Gasteiger charge is -2.30. The molecule has 2 aliphatic carbocycles. The first-order chi connectivity index (χ1) is 34.2. The highest BCUT2D eigenvalue weighted by molar-refractivity contribution is 6.20. The molecule has 2 aliphatic rings. The molecule has 320 valence electrons. The lowest BCUT2D eigenvalue weighted by atomic mass is 9.70. The highest BCUT2D eigenvalue weighted by atomic mass is 15.0. The molecule has 8 nitrogen and oxygen atoms in total. The number of aromatic nitrogens is 8. The monoisotopic (exact) mass is 880 g/mol. The minimum atomic E-state index is -0.448. The van der Waals surface area contributed by atoms with Crippen LogP contribution < -0.4 is 0 Å². The maximum absolute atomic E-state index is 5.42. The standard InChI is InChI=1S/C61H36N8/c1-5-17-48-43(13-1)44-14-2-6-18-49(44)61(48)50-19-7-3-15-45(50)56-51(61)28-27-47-55(56)46-16-4-8-20-54(46)66-57(47)37-21-23-38(24-22-37)58-67-59(41-25-29-52(64-35-41)39-11-9-31-62-33-39)69-60(68-58)42-26-30-53(65-36-42)40-12-10-32-63-34-40/h1-36H. The van der Waals surface area contributed by atoms with Gasteiger partial charge in [-0.2, -0.15) is 0 Å². The van der Waals surface area contributed by atoms with Crippen LogP contribution in [0.1, 0.15) is 22.3 Å². The van der Waals surface area contributed by atoms with E-state index < -0.39 is 5.41 Å². The summed E-state index contributed by atoms with van der Waals surface area (Å²) in [4.78, 5) is 38.7. The molecule has 8 heteroatoms. The Morgan fingerprint density at radius 2 is 0.826 bits per heavy atom. The Morgan fingerprint density at radius 3 is 1.39 bits per heavy atom. The first kappa shape index (κ1) is 38.8. The summed E-state index contributed by atoms with van der Waals surface area (Å²) >= 11 is 0. The summed E-state index contributed by atoms with van der Waals surface area (Å²) in [6.45, 7) is 0. The molecule has 6 aromatic heterocycles. The highest BCUT2D eigenvalue weighted by Crippen LogP contribution is 2.64. The molecular weight excluding hydrogens is 845 g/mol. The Kier molecular flexibility index (Phi) is 8.63. The average Bonchev–Trinajstić information content (AvgIpc) is 3.91. The van der Waals surface area contributed by atoms with Gasteiger partial charge in [0, 0.05) is 86.7 Å². The van der Waals surface area contributed by atoms with E-state index in [0.29, 0.717) is 17.5 Å². The fourth-order valence-electron chi connectivity index (χ4n) is 10.8. The van der Waals surface area contributed by atoms with Crippen molar-refractivity contribution < 1.29 is 0 Å². The van der Waals surface area contributed by atoms with Gasteiger partial charge in [-0.25, -0.2) is 19.9 Å². The number of rotatable bonds is 6. The van der Waals surface area contributed by atoms with Crippen LogP contribution in [-0.2, 0) is 5.41 Å². The van der Waals surface area contributed by atoms with Crippen LogP contribution in [0.25, 0.3) is 112 Å². The largest absolute Gasteiger partial charge is 0.264 e. The van der Waals surface area contributed by atoms with Crippen molar-refractivity contribution in [2.75, 3.05) is 0 Å². The topological polar surface area (TPSA) is 103 Å². The van der Waals surface area contributed by atoms with E-state index in [1.165, 1.54) is 49.9 Å². The molecule has 6 aromatic carbocycles. The van der Waals surface area contributed by atoms with Crippen LogP contribution in [-0.4, -0.2) is 39.9 Å². The molecule has 0 bridgehead atoms. The second-order valence-electron chi connectivity index (χ2n) is 17.5. The van der Waals surface area contributed by atoms with Gasteiger partial charge in [0.1, 0.15) is 0 Å². The van der Waals surface area contributed by atoms with Gasteiger partial charge in [0.2, 0.25) is 0 Å².